The molecule has 1 aliphatic heterocycles. The summed E-state index contributed by atoms with van der Waals surface area (Å²) in [6, 6.07) is 0. The third kappa shape index (κ3) is 3.26. The Kier molecular flexibility index (Phi) is 4.70. The number of esters is 3. The van der Waals surface area contributed by atoms with Crippen LogP contribution in [0.15, 0.2) is 24.3 Å². The standard InChI is InChI=1S/C14H18O6/c1-6-7-9(8(2)11(15)18-5)10-12(16)19-14(3,4)20-13(10)17/h6-7,9-10H,2H2,1,3-5H3/b7-6+/t9-/m1/s1. The van der Waals surface area contributed by atoms with E-state index in [1.807, 2.05) is 0 Å². The fourth-order valence-corrected chi connectivity index (χ4v) is 1.92. The van der Waals surface area contributed by atoms with Crippen molar-refractivity contribution in [2.75, 3.05) is 7.11 Å². The summed E-state index contributed by atoms with van der Waals surface area (Å²) in [5.74, 6) is -5.62. The molecule has 0 saturated carbocycles. The van der Waals surface area contributed by atoms with E-state index in [-0.39, 0.29) is 5.57 Å². The minimum atomic E-state index is -1.31. The Morgan fingerprint density at radius 2 is 1.85 bits per heavy atom. The average molecular weight is 282 g/mol. The van der Waals surface area contributed by atoms with E-state index in [9.17, 15) is 14.4 Å². The highest BCUT2D eigenvalue weighted by Gasteiger charge is 2.48. The van der Waals surface area contributed by atoms with Gasteiger partial charge in [0.1, 0.15) is 0 Å². The molecule has 0 amide bonds. The molecule has 0 aromatic rings. The molecule has 6 heteroatoms. The van der Waals surface area contributed by atoms with Crippen molar-refractivity contribution in [3.8, 4) is 0 Å². The minimum Gasteiger partial charge on any atom is -0.466 e. The molecule has 1 heterocycles. The average Bonchev–Trinajstić information content (AvgIpc) is 2.33. The van der Waals surface area contributed by atoms with Gasteiger partial charge in [-0.3, -0.25) is 9.59 Å². The molecule has 0 aliphatic carbocycles. The molecule has 1 aliphatic rings. The van der Waals surface area contributed by atoms with Crippen LogP contribution in [0, 0.1) is 11.8 Å². The molecule has 20 heavy (non-hydrogen) atoms. The maximum atomic E-state index is 12.0. The van der Waals surface area contributed by atoms with Crippen LogP contribution in [0.1, 0.15) is 20.8 Å². The third-order valence-electron chi connectivity index (χ3n) is 2.81. The van der Waals surface area contributed by atoms with Crippen LogP contribution in [0.2, 0.25) is 0 Å². The summed E-state index contributed by atoms with van der Waals surface area (Å²) >= 11 is 0. The summed E-state index contributed by atoms with van der Waals surface area (Å²) in [4.78, 5) is 35.6. The van der Waals surface area contributed by atoms with E-state index in [1.54, 1.807) is 13.0 Å². The number of hydrogen-bond donors (Lipinski definition) is 0. The van der Waals surface area contributed by atoms with Crippen LogP contribution in [0.4, 0.5) is 0 Å². The van der Waals surface area contributed by atoms with Crippen LogP contribution in [-0.2, 0) is 28.6 Å². The molecular weight excluding hydrogens is 264 g/mol. The molecular formula is C14H18O6. The Morgan fingerprint density at radius 1 is 1.35 bits per heavy atom. The van der Waals surface area contributed by atoms with Gasteiger partial charge in [-0.15, -0.1) is 0 Å². The Labute approximate surface area is 117 Å². The molecule has 0 N–H and O–H groups in total. The molecule has 1 fully saturated rings. The molecule has 0 unspecified atom stereocenters. The van der Waals surface area contributed by atoms with Gasteiger partial charge in [-0.05, 0) is 6.92 Å². The van der Waals surface area contributed by atoms with Gasteiger partial charge in [-0.25, -0.2) is 4.79 Å². The molecule has 6 nitrogen and oxygen atoms in total. The molecule has 1 rings (SSSR count). The van der Waals surface area contributed by atoms with Gasteiger partial charge < -0.3 is 14.2 Å². The predicted octanol–water partition coefficient (Wildman–Crippen LogP) is 1.36. The van der Waals surface area contributed by atoms with Gasteiger partial charge in [0.15, 0.2) is 5.92 Å². The topological polar surface area (TPSA) is 78.9 Å². The van der Waals surface area contributed by atoms with Crippen molar-refractivity contribution >= 4 is 17.9 Å². The number of ether oxygens (including phenoxy) is 3. The first-order valence-electron chi connectivity index (χ1n) is 6.09. The van der Waals surface area contributed by atoms with Gasteiger partial charge in [-0.2, -0.15) is 0 Å². The Bertz CT molecular complexity index is 454. The number of carbonyl (C=O) groups is 3. The molecule has 0 radical (unpaired) electrons. The van der Waals surface area contributed by atoms with E-state index in [2.05, 4.69) is 11.3 Å². The number of rotatable bonds is 4. The van der Waals surface area contributed by atoms with Crippen LogP contribution < -0.4 is 0 Å². The predicted molar refractivity (Wildman–Crippen MR) is 69.2 cm³/mol. The van der Waals surface area contributed by atoms with Gasteiger partial charge in [0, 0.05) is 25.3 Å². The van der Waals surface area contributed by atoms with Crippen LogP contribution in [0.25, 0.3) is 0 Å². The van der Waals surface area contributed by atoms with E-state index < -0.39 is 35.5 Å². The van der Waals surface area contributed by atoms with Crippen molar-refractivity contribution in [3.63, 3.8) is 0 Å². The fourth-order valence-electron chi connectivity index (χ4n) is 1.92. The Balaban J connectivity index is 3.09. The summed E-state index contributed by atoms with van der Waals surface area (Å²) in [7, 11) is 1.20. The number of methoxy groups -OCH3 is 1. The lowest BCUT2D eigenvalue weighted by Gasteiger charge is -2.35. The monoisotopic (exact) mass is 282 g/mol. The molecule has 0 aromatic carbocycles. The maximum absolute atomic E-state index is 12.0. The minimum absolute atomic E-state index is 0.00999. The van der Waals surface area contributed by atoms with E-state index in [1.165, 1.54) is 27.0 Å². The Hall–Kier alpha value is -2.11. The highest BCUT2D eigenvalue weighted by Crippen LogP contribution is 2.32. The van der Waals surface area contributed by atoms with Crippen LogP contribution >= 0.6 is 0 Å². The lowest BCUT2D eigenvalue weighted by Crippen LogP contribution is -2.49. The zero-order valence-electron chi connectivity index (χ0n) is 12.0. The largest absolute Gasteiger partial charge is 0.466 e. The quantitative estimate of drug-likeness (QED) is 0.335. The first-order valence-corrected chi connectivity index (χ1v) is 6.09. The second-order valence-corrected chi connectivity index (χ2v) is 4.79. The van der Waals surface area contributed by atoms with Crippen molar-refractivity contribution < 1.29 is 28.6 Å². The molecule has 110 valence electrons. The summed E-state index contributed by atoms with van der Waals surface area (Å²) < 4.78 is 14.6. The first kappa shape index (κ1) is 15.9. The van der Waals surface area contributed by atoms with Gasteiger partial charge >= 0.3 is 17.9 Å². The van der Waals surface area contributed by atoms with Gasteiger partial charge in [0.25, 0.3) is 5.79 Å². The Morgan fingerprint density at radius 3 is 2.25 bits per heavy atom. The molecule has 0 bridgehead atoms. The number of cyclic esters (lactones) is 2. The van der Waals surface area contributed by atoms with E-state index in [0.29, 0.717) is 0 Å². The zero-order valence-corrected chi connectivity index (χ0v) is 12.0. The van der Waals surface area contributed by atoms with Gasteiger partial charge in [-0.1, -0.05) is 18.7 Å². The number of allylic oxidation sites excluding steroid dienone is 2. The highest BCUT2D eigenvalue weighted by molar-refractivity contribution is 6.00. The lowest BCUT2D eigenvalue weighted by molar-refractivity contribution is -0.241. The number of carbonyl (C=O) groups excluding carboxylic acids is 3. The molecule has 1 atom stereocenters. The molecule has 1 saturated heterocycles. The third-order valence-corrected chi connectivity index (χ3v) is 2.81. The van der Waals surface area contributed by atoms with E-state index >= 15 is 0 Å². The summed E-state index contributed by atoms with van der Waals surface area (Å²) in [5, 5.41) is 0. The first-order chi connectivity index (χ1) is 9.23. The summed E-state index contributed by atoms with van der Waals surface area (Å²) in [5.41, 5.74) is -0.00999. The lowest BCUT2D eigenvalue weighted by atomic mass is 9.85. The smallest absolute Gasteiger partial charge is 0.333 e. The van der Waals surface area contributed by atoms with Crippen molar-refractivity contribution in [2.45, 2.75) is 26.6 Å². The number of hydrogen-bond acceptors (Lipinski definition) is 6. The van der Waals surface area contributed by atoms with E-state index in [4.69, 9.17) is 9.47 Å². The maximum Gasteiger partial charge on any atom is 0.333 e. The second kappa shape index (κ2) is 5.90. The van der Waals surface area contributed by atoms with Crippen molar-refractivity contribution in [1.82, 2.24) is 0 Å². The van der Waals surface area contributed by atoms with Crippen LogP contribution in [0.3, 0.4) is 0 Å². The second-order valence-electron chi connectivity index (χ2n) is 4.79. The van der Waals surface area contributed by atoms with Gasteiger partial charge in [0.2, 0.25) is 0 Å². The fraction of sp³-hybridized carbons (Fsp3) is 0.500. The zero-order chi connectivity index (χ0) is 15.5. The summed E-state index contributed by atoms with van der Waals surface area (Å²) in [6.45, 7) is 8.19. The van der Waals surface area contributed by atoms with Crippen molar-refractivity contribution in [2.24, 2.45) is 11.8 Å². The van der Waals surface area contributed by atoms with Crippen LogP contribution in [0.5, 0.6) is 0 Å². The summed E-state index contributed by atoms with van der Waals surface area (Å²) in [6.07, 6.45) is 3.13. The van der Waals surface area contributed by atoms with Crippen LogP contribution in [-0.4, -0.2) is 30.8 Å². The normalized spacial score (nSPS) is 20.2. The SMILES string of the molecule is C=C(C(=O)OC)[C@@H](/C=C/C)C1C(=O)OC(C)(C)OC1=O. The molecule has 0 spiro atoms. The highest BCUT2D eigenvalue weighted by atomic mass is 16.7. The van der Waals surface area contributed by atoms with Crippen molar-refractivity contribution in [1.29, 1.82) is 0 Å². The van der Waals surface area contributed by atoms with Gasteiger partial charge in [0.05, 0.1) is 7.11 Å². The van der Waals surface area contributed by atoms with Crippen molar-refractivity contribution in [3.05, 3.63) is 24.3 Å². The molecule has 0 aromatic heterocycles. The van der Waals surface area contributed by atoms with E-state index in [0.717, 1.165) is 0 Å².